The highest BCUT2D eigenvalue weighted by Crippen LogP contribution is 2.50. The van der Waals surface area contributed by atoms with E-state index in [4.69, 9.17) is 16.9 Å². The number of nitrogens with one attached hydrogen (secondary N) is 2. The zero-order chi connectivity index (χ0) is 18.9. The van der Waals surface area contributed by atoms with Gasteiger partial charge in [0.1, 0.15) is 11.4 Å². The Morgan fingerprint density at radius 1 is 1.38 bits per heavy atom. The molecule has 2 aromatic heterocycles. The molecule has 0 aliphatic heterocycles. The summed E-state index contributed by atoms with van der Waals surface area (Å²) in [5, 5.41) is 18.5. The molecule has 0 bridgehead atoms. The highest BCUT2D eigenvalue weighted by atomic mass is 35.5. The van der Waals surface area contributed by atoms with Gasteiger partial charge in [-0.1, -0.05) is 11.6 Å². The summed E-state index contributed by atoms with van der Waals surface area (Å²) >= 11 is 6.29. The van der Waals surface area contributed by atoms with Gasteiger partial charge in [0.05, 0.1) is 18.0 Å². The van der Waals surface area contributed by atoms with Gasteiger partial charge >= 0.3 is 6.18 Å². The van der Waals surface area contributed by atoms with E-state index in [2.05, 4.69) is 31.8 Å². The number of alkyl halides is 3. The summed E-state index contributed by atoms with van der Waals surface area (Å²) in [6.07, 6.45) is -0.102. The van der Waals surface area contributed by atoms with Crippen LogP contribution in [0.25, 0.3) is 0 Å². The molecule has 138 valence electrons. The van der Waals surface area contributed by atoms with Crippen LogP contribution in [0, 0.1) is 16.7 Å². The van der Waals surface area contributed by atoms with Crippen LogP contribution in [-0.4, -0.2) is 26.8 Å². The molecule has 0 radical (unpaired) electrons. The first kappa shape index (κ1) is 18.3. The maximum atomic E-state index is 12.9. The Bertz CT molecular complexity index is 852. The van der Waals surface area contributed by atoms with E-state index in [0.717, 1.165) is 12.8 Å². The first-order valence-corrected chi connectivity index (χ1v) is 8.13. The lowest BCUT2D eigenvalue weighted by atomic mass is 10.0. The minimum Gasteiger partial charge on any atom is -0.372 e. The Labute approximate surface area is 152 Å². The number of halogens is 4. The maximum absolute atomic E-state index is 12.9. The zero-order valence-electron chi connectivity index (χ0n) is 13.7. The van der Waals surface area contributed by atoms with Crippen molar-refractivity contribution in [2.24, 2.45) is 5.41 Å². The summed E-state index contributed by atoms with van der Waals surface area (Å²) in [7, 11) is 1.34. The second kappa shape index (κ2) is 6.64. The summed E-state index contributed by atoms with van der Waals surface area (Å²) in [4.78, 5) is 7.52. The highest BCUT2D eigenvalue weighted by Gasteiger charge is 2.43. The smallest absolute Gasteiger partial charge is 0.372 e. The molecule has 1 aliphatic rings. The van der Waals surface area contributed by atoms with Gasteiger partial charge < -0.3 is 10.6 Å². The summed E-state index contributed by atoms with van der Waals surface area (Å²) in [5.41, 5.74) is -0.674. The van der Waals surface area contributed by atoms with Crippen LogP contribution < -0.4 is 10.6 Å². The molecular formula is C15H15ClF3N7. The molecular weight excluding hydrogens is 371 g/mol. The van der Waals surface area contributed by atoms with E-state index in [1.54, 1.807) is 4.68 Å². The van der Waals surface area contributed by atoms with E-state index in [9.17, 15) is 13.2 Å². The molecule has 0 unspecified atom stereocenters. The Kier molecular flexibility index (Phi) is 4.66. The number of hydrogen-bond acceptors (Lipinski definition) is 6. The van der Waals surface area contributed by atoms with Gasteiger partial charge in [-0.15, -0.1) is 0 Å². The average molecular weight is 386 g/mol. The predicted octanol–water partition coefficient (Wildman–Crippen LogP) is 3.82. The third kappa shape index (κ3) is 3.67. The molecule has 1 aliphatic carbocycles. The normalized spacial score (nSPS) is 15.4. The van der Waals surface area contributed by atoms with Crippen molar-refractivity contribution >= 4 is 29.1 Å². The van der Waals surface area contributed by atoms with Crippen LogP contribution >= 0.6 is 11.6 Å². The van der Waals surface area contributed by atoms with Crippen LogP contribution in [0.3, 0.4) is 0 Å². The van der Waals surface area contributed by atoms with E-state index < -0.39 is 11.7 Å². The first-order chi connectivity index (χ1) is 12.3. The van der Waals surface area contributed by atoms with Crippen LogP contribution in [0.5, 0.6) is 0 Å². The van der Waals surface area contributed by atoms with E-state index in [-0.39, 0.29) is 22.3 Å². The van der Waals surface area contributed by atoms with E-state index in [0.29, 0.717) is 24.8 Å². The SMILES string of the molecule is CNc1nc(Nc2cnn(CC3(CC#N)CC3)c2Cl)ncc1C(F)(F)F. The second-order valence-corrected chi connectivity index (χ2v) is 6.53. The molecule has 0 atom stereocenters. The van der Waals surface area contributed by atoms with Gasteiger partial charge in [-0.25, -0.2) is 4.98 Å². The van der Waals surface area contributed by atoms with Crippen molar-refractivity contribution < 1.29 is 13.2 Å². The molecule has 11 heteroatoms. The zero-order valence-corrected chi connectivity index (χ0v) is 14.5. The number of nitriles is 1. The molecule has 0 spiro atoms. The van der Waals surface area contributed by atoms with Crippen LogP contribution in [0.15, 0.2) is 12.4 Å². The Balaban J connectivity index is 1.79. The molecule has 0 saturated heterocycles. The maximum Gasteiger partial charge on any atom is 0.421 e. The van der Waals surface area contributed by atoms with Crippen molar-refractivity contribution in [1.82, 2.24) is 19.7 Å². The fraction of sp³-hybridized carbons (Fsp3) is 0.467. The van der Waals surface area contributed by atoms with Crippen molar-refractivity contribution in [3.05, 3.63) is 23.1 Å². The summed E-state index contributed by atoms with van der Waals surface area (Å²) in [5.74, 6) is -0.383. The molecule has 1 fully saturated rings. The highest BCUT2D eigenvalue weighted by molar-refractivity contribution is 6.32. The lowest BCUT2D eigenvalue weighted by Crippen LogP contribution is -2.13. The standard InChI is InChI=1S/C15H15ClF3N7/c1-21-12-9(15(17,18)19)6-22-13(25-12)24-10-7-23-26(11(10)16)8-14(2-3-14)4-5-20/h6-7H,2-4,8H2,1H3,(H2,21,22,24,25). The summed E-state index contributed by atoms with van der Waals surface area (Å²) in [6, 6.07) is 2.17. The fourth-order valence-corrected chi connectivity index (χ4v) is 2.78. The quantitative estimate of drug-likeness (QED) is 0.785. The Morgan fingerprint density at radius 3 is 2.69 bits per heavy atom. The number of anilines is 3. The molecule has 7 nitrogen and oxygen atoms in total. The monoisotopic (exact) mass is 385 g/mol. The Morgan fingerprint density at radius 2 is 2.12 bits per heavy atom. The number of hydrogen-bond donors (Lipinski definition) is 2. The summed E-state index contributed by atoms with van der Waals surface area (Å²) < 4.78 is 40.2. The molecule has 0 aromatic carbocycles. The minimum absolute atomic E-state index is 0.0399. The topological polar surface area (TPSA) is 91.5 Å². The first-order valence-electron chi connectivity index (χ1n) is 7.75. The molecule has 1 saturated carbocycles. The number of rotatable bonds is 6. The second-order valence-electron chi connectivity index (χ2n) is 6.17. The lowest BCUT2D eigenvalue weighted by Gasteiger charge is -2.13. The van der Waals surface area contributed by atoms with E-state index in [1.807, 2.05) is 0 Å². The van der Waals surface area contributed by atoms with Crippen molar-refractivity contribution in [3.8, 4) is 6.07 Å². The van der Waals surface area contributed by atoms with Crippen LogP contribution in [-0.2, 0) is 12.7 Å². The molecule has 2 aromatic rings. The Hall–Kier alpha value is -2.54. The van der Waals surface area contributed by atoms with Gasteiger partial charge in [0, 0.05) is 31.6 Å². The minimum atomic E-state index is -4.56. The van der Waals surface area contributed by atoms with E-state index in [1.165, 1.54) is 13.2 Å². The van der Waals surface area contributed by atoms with Gasteiger partial charge in [0.15, 0.2) is 5.15 Å². The van der Waals surface area contributed by atoms with Crippen molar-refractivity contribution in [1.29, 1.82) is 5.26 Å². The number of aromatic nitrogens is 4. The van der Waals surface area contributed by atoms with E-state index >= 15 is 0 Å². The predicted molar refractivity (Wildman–Crippen MR) is 89.0 cm³/mol. The fourth-order valence-electron chi connectivity index (χ4n) is 2.58. The van der Waals surface area contributed by atoms with Gasteiger partial charge in [0.2, 0.25) is 5.95 Å². The van der Waals surface area contributed by atoms with Gasteiger partial charge in [-0.2, -0.15) is 28.5 Å². The largest absolute Gasteiger partial charge is 0.421 e. The molecule has 0 amide bonds. The third-order valence-electron chi connectivity index (χ3n) is 4.25. The van der Waals surface area contributed by atoms with Crippen LogP contribution in [0.4, 0.5) is 30.6 Å². The van der Waals surface area contributed by atoms with Crippen LogP contribution in [0.2, 0.25) is 5.15 Å². The summed E-state index contributed by atoms with van der Waals surface area (Å²) in [6.45, 7) is 0.511. The third-order valence-corrected chi connectivity index (χ3v) is 4.65. The molecule has 3 rings (SSSR count). The van der Waals surface area contributed by atoms with Gasteiger partial charge in [-0.05, 0) is 12.8 Å². The van der Waals surface area contributed by atoms with Crippen LogP contribution in [0.1, 0.15) is 24.8 Å². The van der Waals surface area contributed by atoms with Crippen molar-refractivity contribution in [2.45, 2.75) is 32.0 Å². The molecule has 26 heavy (non-hydrogen) atoms. The van der Waals surface area contributed by atoms with Crippen molar-refractivity contribution in [3.63, 3.8) is 0 Å². The van der Waals surface area contributed by atoms with Gasteiger partial charge in [-0.3, -0.25) is 4.68 Å². The molecule has 2 heterocycles. The average Bonchev–Trinajstić information content (AvgIpc) is 3.27. The lowest BCUT2D eigenvalue weighted by molar-refractivity contribution is -0.137. The van der Waals surface area contributed by atoms with Gasteiger partial charge in [0.25, 0.3) is 0 Å². The number of nitrogens with zero attached hydrogens (tertiary/aromatic N) is 5. The van der Waals surface area contributed by atoms with Crippen molar-refractivity contribution in [2.75, 3.05) is 17.7 Å². The molecule has 2 N–H and O–H groups in total.